The number of piperidine rings is 1. The van der Waals surface area contributed by atoms with E-state index in [1.54, 1.807) is 7.11 Å². The molecule has 1 aliphatic carbocycles. The number of amides is 1. The Labute approximate surface area is 116 Å². The third kappa shape index (κ3) is 3.69. The molecular formula is C15H28N2O2. The summed E-state index contributed by atoms with van der Waals surface area (Å²) < 4.78 is 4.97. The Hall–Kier alpha value is -0.610. The molecule has 1 N–H and O–H groups in total. The zero-order valence-electron chi connectivity index (χ0n) is 12.4. The van der Waals surface area contributed by atoms with Crippen LogP contribution in [0.25, 0.3) is 0 Å². The molecule has 0 aromatic rings. The van der Waals surface area contributed by atoms with E-state index in [1.807, 2.05) is 0 Å². The Morgan fingerprint density at radius 1 is 1.47 bits per heavy atom. The molecular weight excluding hydrogens is 240 g/mol. The van der Waals surface area contributed by atoms with Gasteiger partial charge < -0.3 is 10.1 Å². The minimum absolute atomic E-state index is 0.167. The second-order valence-corrected chi connectivity index (χ2v) is 6.31. The number of rotatable bonds is 6. The molecule has 1 heterocycles. The van der Waals surface area contributed by atoms with Gasteiger partial charge in [0.1, 0.15) is 0 Å². The van der Waals surface area contributed by atoms with Crippen molar-refractivity contribution in [3.05, 3.63) is 0 Å². The van der Waals surface area contributed by atoms with Crippen molar-refractivity contribution in [2.45, 2.75) is 39.0 Å². The lowest BCUT2D eigenvalue weighted by Crippen LogP contribution is -2.53. The fourth-order valence-electron chi connectivity index (χ4n) is 3.48. The largest absolute Gasteiger partial charge is 0.385 e. The van der Waals surface area contributed by atoms with Crippen LogP contribution < -0.4 is 5.32 Å². The maximum atomic E-state index is 11.9. The molecule has 1 saturated heterocycles. The first-order valence-electron chi connectivity index (χ1n) is 7.64. The van der Waals surface area contributed by atoms with Crippen molar-refractivity contribution in [3.63, 3.8) is 0 Å². The molecule has 2 fully saturated rings. The predicted molar refractivity (Wildman–Crippen MR) is 76.0 cm³/mol. The van der Waals surface area contributed by atoms with Gasteiger partial charge in [-0.25, -0.2) is 0 Å². The molecule has 1 atom stereocenters. The average Bonchev–Trinajstić information content (AvgIpc) is 2.35. The molecule has 1 saturated carbocycles. The standard InChI is InChI=1S/C15H28N2O2/c1-13-5-9-17(12-15(13)6-3-7-15)11-14(18)16-8-4-10-19-2/h13H,3-12H2,1-2H3,(H,16,18)/t13-/m1/s1. The minimum Gasteiger partial charge on any atom is -0.385 e. The topological polar surface area (TPSA) is 41.6 Å². The lowest BCUT2D eigenvalue weighted by molar-refractivity contribution is -0.124. The number of methoxy groups -OCH3 is 1. The fraction of sp³-hybridized carbons (Fsp3) is 0.933. The van der Waals surface area contributed by atoms with Crippen molar-refractivity contribution >= 4 is 5.91 Å². The summed E-state index contributed by atoms with van der Waals surface area (Å²) in [6.45, 7) is 6.60. The highest BCUT2D eigenvalue weighted by Crippen LogP contribution is 2.50. The van der Waals surface area contributed by atoms with Gasteiger partial charge in [0.05, 0.1) is 6.54 Å². The number of carbonyl (C=O) groups excluding carboxylic acids is 1. The molecule has 110 valence electrons. The van der Waals surface area contributed by atoms with Gasteiger partial charge in [-0.15, -0.1) is 0 Å². The van der Waals surface area contributed by atoms with Gasteiger partial charge in [0.25, 0.3) is 0 Å². The number of nitrogens with zero attached hydrogens (tertiary/aromatic N) is 1. The first-order chi connectivity index (χ1) is 9.16. The lowest BCUT2D eigenvalue weighted by atomic mass is 9.59. The number of nitrogens with one attached hydrogen (secondary N) is 1. The van der Waals surface area contributed by atoms with Crippen LogP contribution in [0.4, 0.5) is 0 Å². The minimum atomic E-state index is 0.167. The van der Waals surface area contributed by atoms with Crippen LogP contribution >= 0.6 is 0 Å². The van der Waals surface area contributed by atoms with Crippen LogP contribution in [0.1, 0.15) is 39.0 Å². The summed E-state index contributed by atoms with van der Waals surface area (Å²) in [5.74, 6) is 1.00. The molecule has 1 spiro atoms. The lowest BCUT2D eigenvalue weighted by Gasteiger charge is -2.53. The molecule has 0 aromatic heterocycles. The Kier molecular flexibility index (Phi) is 5.22. The summed E-state index contributed by atoms with van der Waals surface area (Å²) >= 11 is 0. The number of carbonyl (C=O) groups is 1. The van der Waals surface area contributed by atoms with E-state index in [0.717, 1.165) is 32.0 Å². The molecule has 2 aliphatic rings. The van der Waals surface area contributed by atoms with E-state index in [1.165, 1.54) is 25.7 Å². The van der Waals surface area contributed by atoms with E-state index in [0.29, 0.717) is 18.6 Å². The van der Waals surface area contributed by atoms with Crippen molar-refractivity contribution in [3.8, 4) is 0 Å². The number of hydrogen-bond acceptors (Lipinski definition) is 3. The monoisotopic (exact) mass is 268 g/mol. The molecule has 0 radical (unpaired) electrons. The number of hydrogen-bond donors (Lipinski definition) is 1. The second kappa shape index (κ2) is 6.71. The highest BCUT2D eigenvalue weighted by molar-refractivity contribution is 5.78. The van der Waals surface area contributed by atoms with Crippen molar-refractivity contribution < 1.29 is 9.53 Å². The van der Waals surface area contributed by atoms with E-state index in [2.05, 4.69) is 17.1 Å². The normalized spacial score (nSPS) is 26.1. The van der Waals surface area contributed by atoms with E-state index in [4.69, 9.17) is 4.74 Å². The SMILES string of the molecule is COCCCNC(=O)CN1CC[C@@H](C)C2(CCC2)C1. The Bertz CT molecular complexity index is 303. The third-order valence-corrected chi connectivity index (χ3v) is 5.03. The quantitative estimate of drug-likeness (QED) is 0.745. The number of ether oxygens (including phenoxy) is 1. The van der Waals surface area contributed by atoms with Crippen molar-refractivity contribution in [2.75, 3.05) is 39.9 Å². The zero-order valence-corrected chi connectivity index (χ0v) is 12.4. The first kappa shape index (κ1) is 14.8. The average molecular weight is 268 g/mol. The summed E-state index contributed by atoms with van der Waals surface area (Å²) in [5.41, 5.74) is 0.536. The maximum absolute atomic E-state index is 11.9. The summed E-state index contributed by atoms with van der Waals surface area (Å²) in [5, 5.41) is 2.98. The molecule has 0 unspecified atom stereocenters. The fourth-order valence-corrected chi connectivity index (χ4v) is 3.48. The van der Waals surface area contributed by atoms with E-state index >= 15 is 0 Å². The van der Waals surface area contributed by atoms with Crippen LogP contribution in [0.2, 0.25) is 0 Å². The molecule has 2 rings (SSSR count). The van der Waals surface area contributed by atoms with Gasteiger partial charge in [-0.3, -0.25) is 9.69 Å². The van der Waals surface area contributed by atoms with Gasteiger partial charge >= 0.3 is 0 Å². The van der Waals surface area contributed by atoms with Crippen molar-refractivity contribution in [1.29, 1.82) is 0 Å². The molecule has 0 bridgehead atoms. The Balaban J connectivity index is 1.69. The van der Waals surface area contributed by atoms with Gasteiger partial charge in [0.2, 0.25) is 5.91 Å². The van der Waals surface area contributed by atoms with Crippen LogP contribution in [-0.4, -0.2) is 50.7 Å². The van der Waals surface area contributed by atoms with Crippen LogP contribution in [0.5, 0.6) is 0 Å². The predicted octanol–water partition coefficient (Wildman–Crippen LogP) is 1.65. The highest BCUT2D eigenvalue weighted by Gasteiger charge is 2.45. The molecule has 1 amide bonds. The van der Waals surface area contributed by atoms with Gasteiger partial charge in [-0.1, -0.05) is 13.3 Å². The summed E-state index contributed by atoms with van der Waals surface area (Å²) in [6, 6.07) is 0. The summed E-state index contributed by atoms with van der Waals surface area (Å²) in [6.07, 6.45) is 6.24. The van der Waals surface area contributed by atoms with Crippen LogP contribution in [0.15, 0.2) is 0 Å². The molecule has 1 aliphatic heterocycles. The van der Waals surface area contributed by atoms with E-state index < -0.39 is 0 Å². The third-order valence-electron chi connectivity index (χ3n) is 5.03. The van der Waals surface area contributed by atoms with Crippen LogP contribution in [0, 0.1) is 11.3 Å². The van der Waals surface area contributed by atoms with Gasteiger partial charge in [-0.05, 0) is 43.6 Å². The van der Waals surface area contributed by atoms with Gasteiger partial charge in [0.15, 0.2) is 0 Å². The second-order valence-electron chi connectivity index (χ2n) is 6.31. The molecule has 19 heavy (non-hydrogen) atoms. The Morgan fingerprint density at radius 3 is 2.89 bits per heavy atom. The zero-order chi connectivity index (χ0) is 13.7. The molecule has 0 aromatic carbocycles. The van der Waals surface area contributed by atoms with E-state index in [-0.39, 0.29) is 5.91 Å². The summed E-state index contributed by atoms with van der Waals surface area (Å²) in [4.78, 5) is 14.2. The van der Waals surface area contributed by atoms with E-state index in [9.17, 15) is 4.79 Å². The van der Waals surface area contributed by atoms with Crippen LogP contribution in [-0.2, 0) is 9.53 Å². The van der Waals surface area contributed by atoms with Gasteiger partial charge in [-0.2, -0.15) is 0 Å². The molecule has 4 nitrogen and oxygen atoms in total. The molecule has 4 heteroatoms. The van der Waals surface area contributed by atoms with Crippen molar-refractivity contribution in [1.82, 2.24) is 10.2 Å². The summed E-state index contributed by atoms with van der Waals surface area (Å²) in [7, 11) is 1.69. The number of likely N-dealkylation sites (tertiary alicyclic amines) is 1. The van der Waals surface area contributed by atoms with Crippen molar-refractivity contribution in [2.24, 2.45) is 11.3 Å². The smallest absolute Gasteiger partial charge is 0.234 e. The Morgan fingerprint density at radius 2 is 2.26 bits per heavy atom. The first-order valence-corrected chi connectivity index (χ1v) is 7.64. The van der Waals surface area contributed by atoms with Gasteiger partial charge in [0, 0.05) is 26.8 Å². The maximum Gasteiger partial charge on any atom is 0.234 e. The highest BCUT2D eigenvalue weighted by atomic mass is 16.5. The van der Waals surface area contributed by atoms with Crippen LogP contribution in [0.3, 0.4) is 0 Å².